The van der Waals surface area contributed by atoms with Crippen molar-refractivity contribution in [1.82, 2.24) is 4.90 Å². The maximum absolute atomic E-state index is 13.6. The van der Waals surface area contributed by atoms with Crippen LogP contribution < -0.4 is 19.5 Å². The van der Waals surface area contributed by atoms with Gasteiger partial charge < -0.3 is 29.1 Å². The predicted molar refractivity (Wildman–Crippen MR) is 133 cm³/mol. The Balaban J connectivity index is 1.65. The first-order chi connectivity index (χ1) is 17.5. The van der Waals surface area contributed by atoms with E-state index in [1.807, 2.05) is 13.0 Å². The minimum absolute atomic E-state index is 0.0193. The van der Waals surface area contributed by atoms with Crippen molar-refractivity contribution in [3.05, 3.63) is 65.2 Å². The summed E-state index contributed by atoms with van der Waals surface area (Å²) in [4.78, 5) is 29.3. The van der Waals surface area contributed by atoms with E-state index < -0.39 is 23.5 Å². The molecule has 0 saturated carbocycles. The number of carbonyl (C=O) groups excluding carboxylic acids is 2. The molecule has 1 amide bonds. The zero-order valence-corrected chi connectivity index (χ0v) is 21.0. The van der Waals surface area contributed by atoms with Gasteiger partial charge in [-0.25, -0.2) is 0 Å². The third-order valence-corrected chi connectivity index (χ3v) is 6.66. The van der Waals surface area contributed by atoms with Crippen molar-refractivity contribution in [2.75, 3.05) is 53.1 Å². The molecule has 1 atom stereocenters. The molecule has 2 saturated heterocycles. The zero-order chi connectivity index (χ0) is 25.5. The molecule has 2 aromatic carbocycles. The first-order valence-corrected chi connectivity index (χ1v) is 12.6. The molecule has 2 aliphatic heterocycles. The van der Waals surface area contributed by atoms with Crippen molar-refractivity contribution in [2.45, 2.75) is 25.8 Å². The van der Waals surface area contributed by atoms with Gasteiger partial charge in [-0.05, 0) is 41.8 Å². The molecule has 2 fully saturated rings. The number of carbonyl (C=O) groups is 2. The van der Waals surface area contributed by atoms with Crippen molar-refractivity contribution in [2.24, 2.45) is 0 Å². The Labute approximate surface area is 212 Å². The van der Waals surface area contributed by atoms with Crippen LogP contribution in [-0.2, 0) is 14.3 Å². The van der Waals surface area contributed by atoms with Crippen LogP contribution in [0.25, 0.3) is 5.76 Å². The van der Waals surface area contributed by atoms with Crippen LogP contribution in [0.15, 0.2) is 54.1 Å². The van der Waals surface area contributed by atoms with Gasteiger partial charge in [0, 0.05) is 18.5 Å². The summed E-state index contributed by atoms with van der Waals surface area (Å²) in [7, 11) is 1.56. The Morgan fingerprint density at radius 3 is 2.56 bits per heavy atom. The van der Waals surface area contributed by atoms with E-state index in [1.54, 1.807) is 54.5 Å². The molecule has 0 bridgehead atoms. The number of quaternary nitrogens is 1. The number of Topliss-reactive ketones (excluding diaryl/α,β-unsaturated/α-hetero) is 1. The molecule has 192 valence electrons. The monoisotopic (exact) mass is 494 g/mol. The molecule has 1 unspecified atom stereocenters. The van der Waals surface area contributed by atoms with E-state index in [-0.39, 0.29) is 5.57 Å². The number of ether oxygens (including phenoxy) is 3. The van der Waals surface area contributed by atoms with Crippen LogP contribution in [0.5, 0.6) is 11.5 Å². The summed E-state index contributed by atoms with van der Waals surface area (Å²) in [5.74, 6) is -0.557. The lowest BCUT2D eigenvalue weighted by Crippen LogP contribution is -3.14. The van der Waals surface area contributed by atoms with Crippen LogP contribution in [0, 0.1) is 0 Å². The summed E-state index contributed by atoms with van der Waals surface area (Å²) in [5, 5.41) is 13.6. The second kappa shape index (κ2) is 12.1. The maximum atomic E-state index is 13.6. The van der Waals surface area contributed by atoms with E-state index in [4.69, 9.17) is 14.2 Å². The zero-order valence-electron chi connectivity index (χ0n) is 21.0. The summed E-state index contributed by atoms with van der Waals surface area (Å²) in [6.07, 6.45) is 1.60. The number of benzene rings is 2. The lowest BCUT2D eigenvalue weighted by atomic mass is 9.95. The van der Waals surface area contributed by atoms with Crippen molar-refractivity contribution >= 4 is 17.4 Å². The number of morpholine rings is 1. The predicted octanol–water partition coefficient (Wildman–Crippen LogP) is 1.01. The van der Waals surface area contributed by atoms with E-state index in [9.17, 15) is 14.7 Å². The third kappa shape index (κ3) is 5.71. The van der Waals surface area contributed by atoms with Gasteiger partial charge in [-0.2, -0.15) is 0 Å². The van der Waals surface area contributed by atoms with Gasteiger partial charge >= 0.3 is 0 Å². The number of nitrogens with one attached hydrogen (secondary N) is 1. The van der Waals surface area contributed by atoms with E-state index in [1.165, 1.54) is 4.90 Å². The molecule has 36 heavy (non-hydrogen) atoms. The summed E-state index contributed by atoms with van der Waals surface area (Å²) >= 11 is 0. The Bertz CT molecular complexity index is 1090. The highest BCUT2D eigenvalue weighted by atomic mass is 16.5. The van der Waals surface area contributed by atoms with E-state index >= 15 is 0 Å². The molecule has 2 heterocycles. The fourth-order valence-corrected chi connectivity index (χ4v) is 4.75. The van der Waals surface area contributed by atoms with Crippen LogP contribution in [-0.4, -0.2) is 69.7 Å². The van der Waals surface area contributed by atoms with Gasteiger partial charge in [0.2, 0.25) is 5.78 Å². The number of likely N-dealkylation sites (tertiary alicyclic amines) is 1. The average Bonchev–Trinajstić information content (AvgIpc) is 3.17. The maximum Gasteiger partial charge on any atom is 0.295 e. The molecule has 4 rings (SSSR count). The molecule has 2 aromatic rings. The second-order valence-electron chi connectivity index (χ2n) is 9.09. The van der Waals surface area contributed by atoms with Gasteiger partial charge in [0.15, 0.2) is 0 Å². The van der Waals surface area contributed by atoms with Crippen molar-refractivity contribution in [3.8, 4) is 11.5 Å². The lowest BCUT2D eigenvalue weighted by Gasteiger charge is -2.29. The van der Waals surface area contributed by atoms with Crippen LogP contribution in [0.2, 0.25) is 0 Å². The number of amides is 1. The molecular weight excluding hydrogens is 460 g/mol. The largest absolute Gasteiger partial charge is 0.872 e. The number of rotatable bonds is 10. The standard InChI is InChI=1S/C28H34N2O6/c1-3-16-36-22-10-8-20(9-11-22)26(31)24-25(21-6-4-7-23(19-21)34-2)30(28(33)27(24)32)13-5-12-29-14-17-35-18-15-29/h4,6-11,19,25,31H,3,5,12-18H2,1-2H3/b26-24+. The van der Waals surface area contributed by atoms with Gasteiger partial charge in [0.25, 0.3) is 5.91 Å². The number of methoxy groups -OCH3 is 1. The normalized spacial score (nSPS) is 20.1. The second-order valence-corrected chi connectivity index (χ2v) is 9.09. The first-order valence-electron chi connectivity index (χ1n) is 12.6. The number of hydrogen-bond donors (Lipinski definition) is 1. The molecular formula is C28H34N2O6. The van der Waals surface area contributed by atoms with Gasteiger partial charge in [0.05, 0.1) is 39.5 Å². The molecule has 8 nitrogen and oxygen atoms in total. The Kier molecular flexibility index (Phi) is 8.61. The molecule has 1 N–H and O–H groups in total. The quantitative estimate of drug-likeness (QED) is 0.301. The molecule has 8 heteroatoms. The van der Waals surface area contributed by atoms with Crippen molar-refractivity contribution < 1.29 is 33.8 Å². The average molecular weight is 495 g/mol. The highest BCUT2D eigenvalue weighted by Gasteiger charge is 2.44. The summed E-state index contributed by atoms with van der Waals surface area (Å²) in [5.41, 5.74) is 1.01. The summed E-state index contributed by atoms with van der Waals surface area (Å²) in [6, 6.07) is 13.2. The number of ketones is 1. The van der Waals surface area contributed by atoms with Gasteiger partial charge in [-0.3, -0.25) is 9.59 Å². The third-order valence-electron chi connectivity index (χ3n) is 6.66. The first kappa shape index (κ1) is 25.7. The SMILES string of the molecule is CCCOc1ccc(/C([O-])=C2\C(=O)C(=O)N(CCC[NH+]3CCOCC3)C2c2cccc(OC)c2)cc1. The molecule has 0 radical (unpaired) electrons. The van der Waals surface area contributed by atoms with E-state index in [0.29, 0.717) is 35.8 Å². The van der Waals surface area contributed by atoms with Gasteiger partial charge in [-0.1, -0.05) is 36.9 Å². The number of nitrogens with zero attached hydrogens (tertiary/aromatic N) is 1. The summed E-state index contributed by atoms with van der Waals surface area (Å²) in [6.45, 7) is 7.18. The fraction of sp³-hybridized carbons (Fsp3) is 0.429. The molecule has 2 aliphatic rings. The highest BCUT2D eigenvalue weighted by Crippen LogP contribution is 2.39. The van der Waals surface area contributed by atoms with Crippen molar-refractivity contribution in [1.29, 1.82) is 0 Å². The minimum atomic E-state index is -0.761. The smallest absolute Gasteiger partial charge is 0.295 e. The van der Waals surface area contributed by atoms with E-state index in [2.05, 4.69) is 0 Å². The summed E-state index contributed by atoms with van der Waals surface area (Å²) < 4.78 is 16.4. The Morgan fingerprint density at radius 2 is 1.86 bits per heavy atom. The van der Waals surface area contributed by atoms with Crippen LogP contribution in [0.4, 0.5) is 0 Å². The van der Waals surface area contributed by atoms with Crippen molar-refractivity contribution in [3.63, 3.8) is 0 Å². The molecule has 0 aromatic heterocycles. The van der Waals surface area contributed by atoms with Crippen LogP contribution in [0.1, 0.15) is 36.9 Å². The minimum Gasteiger partial charge on any atom is -0.872 e. The molecule has 0 spiro atoms. The van der Waals surface area contributed by atoms with E-state index in [0.717, 1.165) is 45.7 Å². The van der Waals surface area contributed by atoms with Crippen LogP contribution in [0.3, 0.4) is 0 Å². The Hall–Kier alpha value is -3.36. The Morgan fingerprint density at radius 1 is 1.11 bits per heavy atom. The number of hydrogen-bond acceptors (Lipinski definition) is 6. The highest BCUT2D eigenvalue weighted by molar-refractivity contribution is 6.46. The fourth-order valence-electron chi connectivity index (χ4n) is 4.75. The topological polar surface area (TPSA) is 92.6 Å². The van der Waals surface area contributed by atoms with Gasteiger partial charge in [-0.15, -0.1) is 0 Å². The molecule has 0 aliphatic carbocycles. The van der Waals surface area contributed by atoms with Gasteiger partial charge in [0.1, 0.15) is 24.6 Å². The lowest BCUT2D eigenvalue weighted by molar-refractivity contribution is -0.908. The van der Waals surface area contributed by atoms with Crippen LogP contribution >= 0.6 is 0 Å².